The smallest absolute Gasteiger partial charge is 0.251 e. The molecule has 2 aromatic heterocycles. The monoisotopic (exact) mass is 387 g/mol. The molecule has 0 atom stereocenters. The van der Waals surface area contributed by atoms with E-state index in [4.69, 9.17) is 9.72 Å². The summed E-state index contributed by atoms with van der Waals surface area (Å²) in [5.74, 6) is 1.47. The molecule has 0 fully saturated rings. The van der Waals surface area contributed by atoms with E-state index in [2.05, 4.69) is 15.6 Å². The number of ether oxygens (including phenoxy) is 1. The molecule has 0 aliphatic heterocycles. The number of methoxy groups -OCH3 is 1. The highest BCUT2D eigenvalue weighted by atomic mass is 16.5. The Labute approximate surface area is 168 Å². The molecule has 0 radical (unpaired) electrons. The highest BCUT2D eigenvalue weighted by molar-refractivity contribution is 5.95. The molecule has 7 nitrogen and oxygen atoms in total. The summed E-state index contributed by atoms with van der Waals surface area (Å²) in [4.78, 5) is 21.1. The largest absolute Gasteiger partial charge is 0.497 e. The molecule has 4 rings (SSSR count). The van der Waals surface area contributed by atoms with Gasteiger partial charge >= 0.3 is 0 Å². The van der Waals surface area contributed by atoms with E-state index in [1.54, 1.807) is 25.6 Å². The van der Waals surface area contributed by atoms with Crippen molar-refractivity contribution in [2.45, 2.75) is 6.92 Å². The minimum atomic E-state index is -0.103. The minimum Gasteiger partial charge on any atom is -0.497 e. The average Bonchev–Trinajstić information content (AvgIpc) is 3.12. The van der Waals surface area contributed by atoms with Crippen LogP contribution in [0.2, 0.25) is 0 Å². The molecule has 0 saturated heterocycles. The van der Waals surface area contributed by atoms with Gasteiger partial charge in [-0.3, -0.25) is 14.2 Å². The van der Waals surface area contributed by atoms with Gasteiger partial charge in [0.2, 0.25) is 0 Å². The highest BCUT2D eigenvalue weighted by Crippen LogP contribution is 2.32. The molecule has 2 aromatic carbocycles. The van der Waals surface area contributed by atoms with Gasteiger partial charge in [-0.25, -0.2) is 4.98 Å². The van der Waals surface area contributed by atoms with Gasteiger partial charge in [0.05, 0.1) is 13.3 Å². The Balaban J connectivity index is 1.77. The normalized spacial score (nSPS) is 10.7. The third-order valence-corrected chi connectivity index (χ3v) is 4.52. The zero-order chi connectivity index (χ0) is 20.2. The number of carbonyl (C=O) groups is 1. The molecule has 4 aromatic rings. The Morgan fingerprint density at radius 3 is 2.76 bits per heavy atom. The first-order valence-electron chi connectivity index (χ1n) is 9.31. The molecule has 0 aliphatic carbocycles. The van der Waals surface area contributed by atoms with Crippen LogP contribution in [0, 0.1) is 0 Å². The lowest BCUT2D eigenvalue weighted by molar-refractivity contribution is 0.0956. The lowest BCUT2D eigenvalue weighted by Gasteiger charge is -2.11. The number of hydrogen-bond acceptors (Lipinski definition) is 5. The Morgan fingerprint density at radius 2 is 2.00 bits per heavy atom. The zero-order valence-corrected chi connectivity index (χ0v) is 16.2. The van der Waals surface area contributed by atoms with Crippen molar-refractivity contribution in [2.75, 3.05) is 19.0 Å². The van der Waals surface area contributed by atoms with E-state index in [-0.39, 0.29) is 5.91 Å². The summed E-state index contributed by atoms with van der Waals surface area (Å²) in [5, 5.41) is 6.24. The van der Waals surface area contributed by atoms with E-state index in [1.165, 1.54) is 0 Å². The number of aromatic nitrogens is 3. The van der Waals surface area contributed by atoms with Crippen LogP contribution in [0.15, 0.2) is 67.1 Å². The number of carbonyl (C=O) groups excluding carboxylic acids is 1. The van der Waals surface area contributed by atoms with Gasteiger partial charge in [-0.1, -0.05) is 6.07 Å². The van der Waals surface area contributed by atoms with Crippen LogP contribution in [0.25, 0.3) is 16.9 Å². The van der Waals surface area contributed by atoms with E-state index >= 15 is 0 Å². The average molecular weight is 387 g/mol. The van der Waals surface area contributed by atoms with Crippen molar-refractivity contribution >= 4 is 23.1 Å². The molecule has 2 N–H and O–H groups in total. The zero-order valence-electron chi connectivity index (χ0n) is 16.2. The van der Waals surface area contributed by atoms with Crippen molar-refractivity contribution in [1.29, 1.82) is 0 Å². The maximum Gasteiger partial charge on any atom is 0.251 e. The predicted octanol–water partition coefficient (Wildman–Crippen LogP) is 3.90. The van der Waals surface area contributed by atoms with Gasteiger partial charge < -0.3 is 15.4 Å². The second-order valence-corrected chi connectivity index (χ2v) is 6.41. The second-order valence-electron chi connectivity index (χ2n) is 6.41. The maximum absolute atomic E-state index is 12.2. The molecule has 146 valence electrons. The van der Waals surface area contributed by atoms with Crippen molar-refractivity contribution in [3.63, 3.8) is 0 Å². The van der Waals surface area contributed by atoms with Crippen LogP contribution in [0.5, 0.6) is 5.75 Å². The summed E-state index contributed by atoms with van der Waals surface area (Å²) in [6.07, 6.45) is 5.28. The van der Waals surface area contributed by atoms with Crippen molar-refractivity contribution in [3.05, 3.63) is 72.7 Å². The topological polar surface area (TPSA) is 80.5 Å². The third-order valence-electron chi connectivity index (χ3n) is 4.52. The molecule has 0 spiro atoms. The first-order valence-corrected chi connectivity index (χ1v) is 9.31. The summed E-state index contributed by atoms with van der Waals surface area (Å²) in [6.45, 7) is 2.48. The summed E-state index contributed by atoms with van der Waals surface area (Å²) in [5.41, 5.74) is 3.84. The lowest BCUT2D eigenvalue weighted by atomic mass is 10.1. The fraction of sp³-hybridized carbons (Fsp3) is 0.136. The number of nitrogens with one attached hydrogen (secondary N) is 2. The number of nitrogens with zero attached hydrogens (tertiary/aromatic N) is 3. The Morgan fingerprint density at radius 1 is 1.17 bits per heavy atom. The molecule has 2 heterocycles. The van der Waals surface area contributed by atoms with E-state index in [9.17, 15) is 4.79 Å². The maximum atomic E-state index is 12.2. The van der Waals surface area contributed by atoms with Crippen LogP contribution in [0.1, 0.15) is 17.3 Å². The standard InChI is InChI=1S/C22H21N5O2/c1-3-24-22(28)16-5-4-6-17(13-16)25-21-20(15-7-9-18(29-2)10-8-15)26-19-14-23-11-12-27(19)21/h4-14,25H,3H2,1-2H3,(H,24,28). The van der Waals surface area contributed by atoms with Gasteiger partial charge in [0.15, 0.2) is 5.65 Å². The minimum absolute atomic E-state index is 0.103. The van der Waals surface area contributed by atoms with Gasteiger partial charge in [-0.05, 0) is 49.4 Å². The van der Waals surface area contributed by atoms with Gasteiger partial charge in [-0.2, -0.15) is 0 Å². The number of rotatable bonds is 6. The summed E-state index contributed by atoms with van der Waals surface area (Å²) >= 11 is 0. The number of hydrogen-bond donors (Lipinski definition) is 2. The SMILES string of the molecule is CCNC(=O)c1cccc(Nc2c(-c3ccc(OC)cc3)nc3cnccn23)c1. The number of benzene rings is 2. The van der Waals surface area contributed by atoms with Crippen LogP contribution >= 0.6 is 0 Å². The van der Waals surface area contributed by atoms with E-state index in [0.29, 0.717) is 12.1 Å². The van der Waals surface area contributed by atoms with Crippen molar-refractivity contribution < 1.29 is 9.53 Å². The summed E-state index contributed by atoms with van der Waals surface area (Å²) in [6, 6.07) is 15.1. The number of imidazole rings is 1. The molecule has 0 unspecified atom stereocenters. The number of anilines is 2. The van der Waals surface area contributed by atoms with Gasteiger partial charge in [0, 0.05) is 35.8 Å². The van der Waals surface area contributed by atoms with Crippen molar-refractivity contribution in [2.24, 2.45) is 0 Å². The van der Waals surface area contributed by atoms with Gasteiger partial charge in [-0.15, -0.1) is 0 Å². The highest BCUT2D eigenvalue weighted by Gasteiger charge is 2.15. The van der Waals surface area contributed by atoms with Crippen LogP contribution in [0.3, 0.4) is 0 Å². The van der Waals surface area contributed by atoms with Crippen LogP contribution < -0.4 is 15.4 Å². The number of fused-ring (bicyclic) bond motifs is 1. The van der Waals surface area contributed by atoms with Crippen LogP contribution in [-0.2, 0) is 0 Å². The molecule has 0 aliphatic rings. The molecule has 0 bridgehead atoms. The molecule has 7 heteroatoms. The van der Waals surface area contributed by atoms with Crippen molar-refractivity contribution in [3.8, 4) is 17.0 Å². The summed E-state index contributed by atoms with van der Waals surface area (Å²) in [7, 11) is 1.64. The van der Waals surface area contributed by atoms with E-state index < -0.39 is 0 Å². The van der Waals surface area contributed by atoms with E-state index in [0.717, 1.165) is 34.2 Å². The van der Waals surface area contributed by atoms with E-state index in [1.807, 2.05) is 60.0 Å². The summed E-state index contributed by atoms with van der Waals surface area (Å²) < 4.78 is 7.19. The Hall–Kier alpha value is -3.87. The van der Waals surface area contributed by atoms with Gasteiger partial charge in [0.1, 0.15) is 17.3 Å². The number of amides is 1. The molecule has 29 heavy (non-hydrogen) atoms. The molecule has 0 saturated carbocycles. The van der Waals surface area contributed by atoms with Gasteiger partial charge in [0.25, 0.3) is 5.91 Å². The molecular weight excluding hydrogens is 366 g/mol. The predicted molar refractivity (Wildman–Crippen MR) is 113 cm³/mol. The quantitative estimate of drug-likeness (QED) is 0.524. The third kappa shape index (κ3) is 3.75. The fourth-order valence-electron chi connectivity index (χ4n) is 3.11. The first kappa shape index (κ1) is 18.5. The lowest BCUT2D eigenvalue weighted by Crippen LogP contribution is -2.22. The second kappa shape index (κ2) is 8.02. The first-order chi connectivity index (χ1) is 14.2. The molecular formula is C22H21N5O2. The van der Waals surface area contributed by atoms with Crippen molar-refractivity contribution in [1.82, 2.24) is 19.7 Å². The van der Waals surface area contributed by atoms with Crippen LogP contribution in [-0.4, -0.2) is 33.9 Å². The fourth-order valence-corrected chi connectivity index (χ4v) is 3.11. The Kier molecular flexibility index (Phi) is 5.11. The van der Waals surface area contributed by atoms with Crippen LogP contribution in [0.4, 0.5) is 11.5 Å². The molecule has 1 amide bonds. The Bertz CT molecular complexity index is 1150.